The molecular weight excluding hydrogens is 552 g/mol. The largest absolute Gasteiger partial charge is 0.458 e. The van der Waals surface area contributed by atoms with Gasteiger partial charge in [-0.1, -0.05) is 51.5 Å². The van der Waals surface area contributed by atoms with Gasteiger partial charge in [-0.25, -0.2) is 9.59 Å². The van der Waals surface area contributed by atoms with Gasteiger partial charge in [0.2, 0.25) is 5.91 Å². The second kappa shape index (κ2) is 12.7. The van der Waals surface area contributed by atoms with Crippen molar-refractivity contribution >= 4 is 35.6 Å². The fourth-order valence-electron chi connectivity index (χ4n) is 5.89. The van der Waals surface area contributed by atoms with Gasteiger partial charge in [0.05, 0.1) is 22.6 Å². The molecule has 1 aromatic carbocycles. The van der Waals surface area contributed by atoms with Crippen molar-refractivity contribution in [2.24, 2.45) is 11.3 Å². The third-order valence-corrected chi connectivity index (χ3v) is 7.98. The van der Waals surface area contributed by atoms with E-state index in [1.54, 1.807) is 19.9 Å². The minimum atomic E-state index is -0.953. The van der Waals surface area contributed by atoms with Crippen molar-refractivity contribution in [1.29, 1.82) is 0 Å². The molecule has 226 valence electrons. The van der Waals surface area contributed by atoms with E-state index in [1.807, 2.05) is 6.92 Å². The zero-order valence-electron chi connectivity index (χ0n) is 24.7. The third-order valence-electron chi connectivity index (χ3n) is 7.98. The number of hydrogen-bond acceptors (Lipinski definition) is 8. The van der Waals surface area contributed by atoms with Crippen molar-refractivity contribution < 1.29 is 38.2 Å². The van der Waals surface area contributed by atoms with E-state index in [9.17, 15) is 28.8 Å². The van der Waals surface area contributed by atoms with Crippen LogP contribution in [0.15, 0.2) is 59.7 Å². The number of hydrogen-bond donors (Lipinski definition) is 2. The summed E-state index contributed by atoms with van der Waals surface area (Å²) in [5, 5.41) is 4.65. The van der Waals surface area contributed by atoms with Crippen molar-refractivity contribution in [3.05, 3.63) is 82.0 Å². The molecule has 1 aliphatic carbocycles. The highest BCUT2D eigenvalue weighted by Gasteiger charge is 2.53. The average molecular weight is 589 g/mol. The van der Waals surface area contributed by atoms with Crippen LogP contribution in [-0.4, -0.2) is 48.8 Å². The van der Waals surface area contributed by atoms with Gasteiger partial charge in [-0.3, -0.25) is 29.8 Å². The lowest BCUT2D eigenvalue weighted by Gasteiger charge is -2.37. The van der Waals surface area contributed by atoms with Crippen molar-refractivity contribution in [3.63, 3.8) is 0 Å². The zero-order chi connectivity index (χ0) is 31.5. The van der Waals surface area contributed by atoms with E-state index < -0.39 is 46.9 Å². The van der Waals surface area contributed by atoms with E-state index in [2.05, 4.69) is 23.8 Å². The van der Waals surface area contributed by atoms with Crippen molar-refractivity contribution in [3.8, 4) is 0 Å². The molecule has 2 heterocycles. The minimum absolute atomic E-state index is 0.0396. The molecule has 10 nitrogen and oxygen atoms in total. The standard InChI is InChI=1S/C33H36N2O8/c1-18(2)16-42-31(40)21-11-12-22-25(29(38)34-27(22)36)20(21)10-8-6-7-9-15-33(5)24(32(41)43-17-19(3)4)14-13-23-26(33)30(39)35-28(23)37/h11-14,26H,1,3,6-10,15-17H2,2,4-5H3,(H,34,36,38)(H,35,37,39). The lowest BCUT2D eigenvalue weighted by atomic mass is 9.63. The maximum Gasteiger partial charge on any atom is 0.338 e. The number of allylic oxidation sites excluding steroid dienone is 2. The van der Waals surface area contributed by atoms with Crippen molar-refractivity contribution in [1.82, 2.24) is 10.6 Å². The molecule has 0 bridgehead atoms. The van der Waals surface area contributed by atoms with Crippen LogP contribution in [0.3, 0.4) is 0 Å². The summed E-state index contributed by atoms with van der Waals surface area (Å²) in [6.07, 6.45) is 6.54. The number of amides is 4. The Hall–Kier alpha value is -4.60. The number of esters is 2. The molecule has 43 heavy (non-hydrogen) atoms. The summed E-state index contributed by atoms with van der Waals surface area (Å²) < 4.78 is 10.7. The van der Waals surface area contributed by atoms with Gasteiger partial charge < -0.3 is 9.47 Å². The van der Waals surface area contributed by atoms with Crippen molar-refractivity contribution in [2.75, 3.05) is 13.2 Å². The van der Waals surface area contributed by atoms with Gasteiger partial charge in [0.15, 0.2) is 0 Å². The normalized spacial score (nSPS) is 20.4. The van der Waals surface area contributed by atoms with Crippen LogP contribution in [0.1, 0.15) is 89.5 Å². The summed E-state index contributed by atoms with van der Waals surface area (Å²) in [5.74, 6) is -3.88. The number of rotatable bonds is 13. The van der Waals surface area contributed by atoms with E-state index >= 15 is 0 Å². The van der Waals surface area contributed by atoms with Gasteiger partial charge in [0.1, 0.15) is 13.2 Å². The molecule has 1 fully saturated rings. The first-order valence-electron chi connectivity index (χ1n) is 14.3. The topological polar surface area (TPSA) is 145 Å². The Morgan fingerprint density at radius 3 is 2.16 bits per heavy atom. The van der Waals surface area contributed by atoms with Gasteiger partial charge in [0, 0.05) is 16.6 Å². The first-order chi connectivity index (χ1) is 20.3. The van der Waals surface area contributed by atoms with Gasteiger partial charge in [0.25, 0.3) is 17.7 Å². The fourth-order valence-corrected chi connectivity index (χ4v) is 5.89. The zero-order valence-corrected chi connectivity index (χ0v) is 24.7. The summed E-state index contributed by atoms with van der Waals surface area (Å²) in [7, 11) is 0. The maximum absolute atomic E-state index is 13.0. The highest BCUT2D eigenvalue weighted by atomic mass is 16.5. The summed E-state index contributed by atoms with van der Waals surface area (Å²) in [6, 6.07) is 2.97. The van der Waals surface area contributed by atoms with Crippen LogP contribution in [0.5, 0.6) is 0 Å². The monoisotopic (exact) mass is 588 g/mol. The summed E-state index contributed by atoms with van der Waals surface area (Å²) in [4.78, 5) is 75.9. The van der Waals surface area contributed by atoms with Crippen LogP contribution in [0.25, 0.3) is 0 Å². The molecule has 0 aromatic heterocycles. The Bertz CT molecular complexity index is 1510. The smallest absolute Gasteiger partial charge is 0.338 e. The predicted octanol–water partition coefficient (Wildman–Crippen LogP) is 4.06. The summed E-state index contributed by atoms with van der Waals surface area (Å²) in [5.41, 5.74) is 2.19. The fraction of sp³-hybridized carbons (Fsp3) is 0.394. The van der Waals surface area contributed by atoms with Crippen molar-refractivity contribution in [2.45, 2.75) is 59.3 Å². The van der Waals surface area contributed by atoms with Gasteiger partial charge in [-0.15, -0.1) is 0 Å². The van der Waals surface area contributed by atoms with Gasteiger partial charge >= 0.3 is 11.9 Å². The van der Waals surface area contributed by atoms with Crippen LogP contribution in [-0.2, 0) is 30.3 Å². The number of unbranched alkanes of at least 4 members (excludes halogenated alkanes) is 3. The molecule has 2 aliphatic heterocycles. The Morgan fingerprint density at radius 1 is 0.837 bits per heavy atom. The molecule has 0 spiro atoms. The molecule has 1 saturated heterocycles. The Kier molecular flexibility index (Phi) is 9.27. The number of fused-ring (bicyclic) bond motifs is 2. The second-order valence-corrected chi connectivity index (χ2v) is 11.6. The molecule has 10 heteroatoms. The summed E-state index contributed by atoms with van der Waals surface area (Å²) >= 11 is 0. The van der Waals surface area contributed by atoms with E-state index in [1.165, 1.54) is 18.2 Å². The molecule has 0 radical (unpaired) electrons. The maximum atomic E-state index is 13.0. The van der Waals surface area contributed by atoms with Crippen LogP contribution in [0, 0.1) is 11.3 Å². The van der Waals surface area contributed by atoms with E-state index in [0.29, 0.717) is 66.4 Å². The van der Waals surface area contributed by atoms with E-state index in [0.717, 1.165) is 0 Å². The molecule has 2 atom stereocenters. The molecule has 4 rings (SSSR count). The first kappa shape index (κ1) is 31.3. The number of benzene rings is 1. The number of nitrogens with one attached hydrogen (secondary N) is 2. The average Bonchev–Trinajstić information content (AvgIpc) is 3.41. The predicted molar refractivity (Wildman–Crippen MR) is 157 cm³/mol. The van der Waals surface area contributed by atoms with Gasteiger partial charge in [-0.2, -0.15) is 0 Å². The molecule has 2 N–H and O–H groups in total. The van der Waals surface area contributed by atoms with Crippen LogP contribution >= 0.6 is 0 Å². The van der Waals surface area contributed by atoms with Crippen LogP contribution in [0.4, 0.5) is 0 Å². The molecule has 1 aromatic rings. The molecule has 4 amide bonds. The third kappa shape index (κ3) is 6.43. The Morgan fingerprint density at radius 2 is 1.49 bits per heavy atom. The molecule has 0 saturated carbocycles. The summed E-state index contributed by atoms with van der Waals surface area (Å²) in [6.45, 7) is 12.9. The highest BCUT2D eigenvalue weighted by molar-refractivity contribution is 6.23. The van der Waals surface area contributed by atoms with E-state index in [-0.39, 0.29) is 29.9 Å². The minimum Gasteiger partial charge on any atom is -0.458 e. The van der Waals surface area contributed by atoms with Crippen LogP contribution in [0.2, 0.25) is 0 Å². The van der Waals surface area contributed by atoms with Crippen LogP contribution < -0.4 is 10.6 Å². The van der Waals surface area contributed by atoms with Gasteiger partial charge in [-0.05, 0) is 62.0 Å². The number of imide groups is 2. The number of ether oxygens (including phenoxy) is 2. The molecule has 3 aliphatic rings. The molecular formula is C33H36N2O8. The number of carbonyl (C=O) groups is 6. The lowest BCUT2D eigenvalue weighted by Crippen LogP contribution is -2.40. The quantitative estimate of drug-likeness (QED) is 0.152. The number of carbonyl (C=O) groups excluding carboxylic acids is 6. The highest BCUT2D eigenvalue weighted by Crippen LogP contribution is 2.49. The lowest BCUT2D eigenvalue weighted by molar-refractivity contribution is -0.140. The SMILES string of the molecule is C=C(C)COC(=O)C1=CC=C2C(=O)NC(=O)C2C1(C)CCCCCCc1c(C(=O)OCC(=C)C)ccc2c1C(=O)NC2=O. The van der Waals surface area contributed by atoms with E-state index in [4.69, 9.17) is 9.47 Å². The Labute approximate surface area is 250 Å². The second-order valence-electron chi connectivity index (χ2n) is 11.6. The molecule has 2 unspecified atom stereocenters. The first-order valence-corrected chi connectivity index (χ1v) is 14.3. The Balaban J connectivity index is 1.44.